The Bertz CT molecular complexity index is 757. The van der Waals surface area contributed by atoms with Crippen molar-refractivity contribution in [3.63, 3.8) is 0 Å². The highest BCUT2D eigenvalue weighted by Crippen LogP contribution is 2.24. The van der Waals surface area contributed by atoms with Gasteiger partial charge in [0.2, 0.25) is 0 Å². The molecule has 0 bridgehead atoms. The summed E-state index contributed by atoms with van der Waals surface area (Å²) in [6.45, 7) is 2.66. The predicted molar refractivity (Wildman–Crippen MR) is 84.8 cm³/mol. The predicted octanol–water partition coefficient (Wildman–Crippen LogP) is 2.40. The van der Waals surface area contributed by atoms with Gasteiger partial charge in [-0.25, -0.2) is 4.39 Å². The van der Waals surface area contributed by atoms with E-state index in [-0.39, 0.29) is 24.2 Å². The van der Waals surface area contributed by atoms with Gasteiger partial charge in [-0.05, 0) is 42.7 Å². The van der Waals surface area contributed by atoms with E-state index in [1.54, 1.807) is 23.1 Å². The van der Waals surface area contributed by atoms with Crippen LogP contribution >= 0.6 is 0 Å². The third-order valence-corrected chi connectivity index (χ3v) is 4.24. The number of carboxylic acid groups (broad SMARTS) is 1. The van der Waals surface area contributed by atoms with Crippen LogP contribution in [0.2, 0.25) is 0 Å². The van der Waals surface area contributed by atoms with E-state index in [9.17, 15) is 19.1 Å². The standard InChI is InChI=1S/C17H18FN3O3/c1-10-6-12(17(23)24)9-21(8-10)16(22)15-7-14(19-20-15)11-2-4-13(18)5-3-11/h2-5,7,10,12H,6,8-9H2,1H3,(H,19,20)(H,23,24). The van der Waals surface area contributed by atoms with Gasteiger partial charge in [-0.15, -0.1) is 0 Å². The fourth-order valence-corrected chi connectivity index (χ4v) is 3.07. The van der Waals surface area contributed by atoms with Crippen LogP contribution in [0.1, 0.15) is 23.8 Å². The van der Waals surface area contributed by atoms with E-state index in [0.29, 0.717) is 29.9 Å². The molecule has 1 aromatic heterocycles. The van der Waals surface area contributed by atoms with E-state index in [4.69, 9.17) is 0 Å². The van der Waals surface area contributed by atoms with Crippen molar-refractivity contribution in [1.82, 2.24) is 15.1 Å². The lowest BCUT2D eigenvalue weighted by molar-refractivity contribution is -0.143. The Balaban J connectivity index is 1.78. The van der Waals surface area contributed by atoms with E-state index in [0.717, 1.165) is 0 Å². The van der Waals surface area contributed by atoms with Crippen molar-refractivity contribution in [1.29, 1.82) is 0 Å². The number of amides is 1. The molecule has 2 aromatic rings. The third-order valence-electron chi connectivity index (χ3n) is 4.24. The number of rotatable bonds is 3. The zero-order valence-electron chi connectivity index (χ0n) is 13.2. The van der Waals surface area contributed by atoms with E-state index in [1.807, 2.05) is 6.92 Å². The first-order valence-electron chi connectivity index (χ1n) is 7.77. The molecular weight excluding hydrogens is 313 g/mol. The number of carbonyl (C=O) groups is 2. The van der Waals surface area contributed by atoms with Gasteiger partial charge in [0.05, 0.1) is 11.6 Å². The number of H-pyrrole nitrogens is 1. The Kier molecular flexibility index (Phi) is 4.33. The number of nitrogens with zero attached hydrogens (tertiary/aromatic N) is 2. The second kappa shape index (κ2) is 6.43. The van der Waals surface area contributed by atoms with Crippen molar-refractivity contribution >= 4 is 11.9 Å². The summed E-state index contributed by atoms with van der Waals surface area (Å²) in [6.07, 6.45) is 0.572. The summed E-state index contributed by atoms with van der Waals surface area (Å²) >= 11 is 0. The number of aliphatic carboxylic acids is 1. The largest absolute Gasteiger partial charge is 0.481 e. The number of likely N-dealkylation sites (tertiary alicyclic amines) is 1. The van der Waals surface area contributed by atoms with Gasteiger partial charge in [0.1, 0.15) is 11.5 Å². The van der Waals surface area contributed by atoms with E-state index >= 15 is 0 Å². The van der Waals surface area contributed by atoms with Crippen LogP contribution < -0.4 is 0 Å². The fraction of sp³-hybridized carbons (Fsp3) is 0.353. The Hall–Kier alpha value is -2.70. The highest BCUT2D eigenvalue weighted by molar-refractivity contribution is 5.93. The average molecular weight is 331 g/mol. The molecule has 2 unspecified atom stereocenters. The number of hydrogen-bond donors (Lipinski definition) is 2. The second-order valence-corrected chi connectivity index (χ2v) is 6.26. The van der Waals surface area contributed by atoms with Gasteiger partial charge < -0.3 is 10.0 Å². The molecule has 24 heavy (non-hydrogen) atoms. The van der Waals surface area contributed by atoms with Crippen molar-refractivity contribution in [2.75, 3.05) is 13.1 Å². The number of carboxylic acids is 1. The Morgan fingerprint density at radius 1 is 1.29 bits per heavy atom. The minimum Gasteiger partial charge on any atom is -0.481 e. The van der Waals surface area contributed by atoms with E-state index in [2.05, 4.69) is 10.2 Å². The fourth-order valence-electron chi connectivity index (χ4n) is 3.07. The summed E-state index contributed by atoms with van der Waals surface area (Å²) < 4.78 is 13.0. The first-order chi connectivity index (χ1) is 11.4. The molecule has 1 aromatic carbocycles. The number of aromatic amines is 1. The van der Waals surface area contributed by atoms with Gasteiger partial charge in [0.25, 0.3) is 5.91 Å². The smallest absolute Gasteiger partial charge is 0.308 e. The molecular formula is C17H18FN3O3. The molecule has 1 aliphatic heterocycles. The van der Waals surface area contributed by atoms with Crippen molar-refractivity contribution in [3.05, 3.63) is 41.8 Å². The normalized spacial score (nSPS) is 20.8. The van der Waals surface area contributed by atoms with Crippen LogP contribution in [0.15, 0.2) is 30.3 Å². The number of benzene rings is 1. The van der Waals surface area contributed by atoms with Crippen molar-refractivity contribution in [3.8, 4) is 11.3 Å². The molecule has 0 radical (unpaired) electrons. The molecule has 1 fully saturated rings. The SMILES string of the molecule is CC1CC(C(=O)O)CN(C(=O)c2cc(-c3ccc(F)cc3)n[nH]2)C1. The summed E-state index contributed by atoms with van der Waals surface area (Å²) in [6, 6.07) is 7.43. The van der Waals surface area contributed by atoms with E-state index in [1.165, 1.54) is 12.1 Å². The van der Waals surface area contributed by atoms with Crippen molar-refractivity contribution < 1.29 is 19.1 Å². The summed E-state index contributed by atoms with van der Waals surface area (Å²) in [5.41, 5.74) is 1.54. The number of hydrogen-bond acceptors (Lipinski definition) is 3. The number of nitrogens with one attached hydrogen (secondary N) is 1. The topological polar surface area (TPSA) is 86.3 Å². The van der Waals surface area contributed by atoms with Gasteiger partial charge in [0.15, 0.2) is 0 Å². The van der Waals surface area contributed by atoms with Crippen molar-refractivity contribution in [2.24, 2.45) is 11.8 Å². The zero-order valence-corrected chi connectivity index (χ0v) is 13.2. The summed E-state index contributed by atoms with van der Waals surface area (Å²) in [5, 5.41) is 16.0. The van der Waals surface area contributed by atoms with Crippen LogP contribution in [0.25, 0.3) is 11.3 Å². The van der Waals surface area contributed by atoms with Crippen LogP contribution in [0.5, 0.6) is 0 Å². The highest BCUT2D eigenvalue weighted by atomic mass is 19.1. The Morgan fingerprint density at radius 2 is 2.00 bits per heavy atom. The van der Waals surface area contributed by atoms with Crippen LogP contribution in [0.4, 0.5) is 4.39 Å². The maximum atomic E-state index is 13.0. The maximum Gasteiger partial charge on any atom is 0.308 e. The molecule has 1 saturated heterocycles. The van der Waals surface area contributed by atoms with Crippen LogP contribution in [0, 0.1) is 17.7 Å². The Labute approximate surface area is 138 Å². The average Bonchev–Trinajstić information content (AvgIpc) is 3.04. The monoisotopic (exact) mass is 331 g/mol. The van der Waals surface area contributed by atoms with Gasteiger partial charge in [-0.3, -0.25) is 14.7 Å². The molecule has 2 heterocycles. The minimum absolute atomic E-state index is 0.128. The molecule has 3 rings (SSSR count). The molecule has 0 saturated carbocycles. The molecule has 2 atom stereocenters. The van der Waals surface area contributed by atoms with E-state index < -0.39 is 11.9 Å². The lowest BCUT2D eigenvalue weighted by Gasteiger charge is -2.34. The number of carbonyl (C=O) groups excluding carboxylic acids is 1. The number of aromatic nitrogens is 2. The van der Waals surface area contributed by atoms with Gasteiger partial charge >= 0.3 is 5.97 Å². The van der Waals surface area contributed by atoms with Crippen LogP contribution in [0.3, 0.4) is 0 Å². The first kappa shape index (κ1) is 16.2. The number of halogens is 1. The molecule has 7 heteroatoms. The summed E-state index contributed by atoms with van der Waals surface area (Å²) in [7, 11) is 0. The minimum atomic E-state index is -0.879. The molecule has 6 nitrogen and oxygen atoms in total. The first-order valence-corrected chi connectivity index (χ1v) is 7.77. The summed E-state index contributed by atoms with van der Waals surface area (Å²) in [4.78, 5) is 25.4. The molecule has 0 spiro atoms. The third kappa shape index (κ3) is 3.29. The molecule has 126 valence electrons. The van der Waals surface area contributed by atoms with Crippen molar-refractivity contribution in [2.45, 2.75) is 13.3 Å². The summed E-state index contributed by atoms with van der Waals surface area (Å²) in [5.74, 6) is -1.90. The van der Waals surface area contributed by atoms with Gasteiger partial charge in [-0.2, -0.15) is 5.10 Å². The molecule has 2 N–H and O–H groups in total. The lowest BCUT2D eigenvalue weighted by atomic mass is 9.90. The number of piperidine rings is 1. The van der Waals surface area contributed by atoms with Crippen LogP contribution in [-0.2, 0) is 4.79 Å². The molecule has 0 aliphatic carbocycles. The quantitative estimate of drug-likeness (QED) is 0.904. The second-order valence-electron chi connectivity index (χ2n) is 6.26. The Morgan fingerprint density at radius 3 is 2.67 bits per heavy atom. The molecule has 1 amide bonds. The van der Waals surface area contributed by atoms with Gasteiger partial charge in [-0.1, -0.05) is 6.92 Å². The lowest BCUT2D eigenvalue weighted by Crippen LogP contribution is -2.45. The highest BCUT2D eigenvalue weighted by Gasteiger charge is 2.32. The zero-order chi connectivity index (χ0) is 17.3. The molecule has 1 aliphatic rings. The van der Waals surface area contributed by atoms with Crippen LogP contribution in [-0.4, -0.2) is 45.2 Å². The maximum absolute atomic E-state index is 13.0. The van der Waals surface area contributed by atoms with Gasteiger partial charge in [0, 0.05) is 18.7 Å².